The van der Waals surface area contributed by atoms with Crippen LogP contribution in [0, 0.1) is 18.2 Å². The smallest absolute Gasteiger partial charge is 0.331 e. The van der Waals surface area contributed by atoms with E-state index in [0.29, 0.717) is 11.5 Å². The van der Waals surface area contributed by atoms with Crippen molar-refractivity contribution < 1.29 is 9.50 Å². The van der Waals surface area contributed by atoms with E-state index in [1.165, 1.54) is 11.8 Å². The van der Waals surface area contributed by atoms with Gasteiger partial charge in [0.1, 0.15) is 0 Å². The average Bonchev–Trinajstić information content (AvgIpc) is 2.25. The molecule has 5 nitrogen and oxygen atoms in total. The van der Waals surface area contributed by atoms with E-state index in [1.54, 1.807) is 4.98 Å². The molecule has 0 unspecified atom stereocenters. The van der Waals surface area contributed by atoms with Crippen LogP contribution < -0.4 is 11.2 Å². The first-order valence-electron chi connectivity index (χ1n) is 4.30. The number of aromatic amines is 1. The number of hydrogen-bond acceptors (Lipinski definition) is 4. The van der Waals surface area contributed by atoms with Crippen molar-refractivity contribution in [2.45, 2.75) is 6.54 Å². The summed E-state index contributed by atoms with van der Waals surface area (Å²) in [5.41, 5.74) is -2.07. The van der Waals surface area contributed by atoms with Crippen molar-refractivity contribution in [3.63, 3.8) is 0 Å². The molecule has 0 amide bonds. The predicted molar refractivity (Wildman–Crippen MR) is 59.1 cm³/mol. The third kappa shape index (κ3) is 2.67. The highest BCUT2D eigenvalue weighted by Gasteiger charge is 2.12. The molecule has 0 atom stereocenters. The summed E-state index contributed by atoms with van der Waals surface area (Å²) >= 11 is 1.35. The SMILES string of the molecule is C#CCSCCn1c(O)c(F)c(=O)[nH]c1=O. The number of halogens is 1. The lowest BCUT2D eigenvalue weighted by Crippen LogP contribution is -2.32. The molecule has 16 heavy (non-hydrogen) atoms. The highest BCUT2D eigenvalue weighted by molar-refractivity contribution is 7.99. The lowest BCUT2D eigenvalue weighted by atomic mass is 10.5. The Balaban J connectivity index is 2.89. The number of aromatic hydroxyl groups is 1. The van der Waals surface area contributed by atoms with Crippen LogP contribution in [-0.2, 0) is 6.54 Å². The zero-order valence-electron chi connectivity index (χ0n) is 8.20. The number of terminal acetylenes is 1. The number of hydrogen-bond donors (Lipinski definition) is 2. The van der Waals surface area contributed by atoms with Crippen molar-refractivity contribution >= 4 is 11.8 Å². The van der Waals surface area contributed by atoms with Crippen LogP contribution in [0.2, 0.25) is 0 Å². The third-order valence-electron chi connectivity index (χ3n) is 1.76. The molecule has 1 aromatic rings. The Morgan fingerprint density at radius 2 is 2.25 bits per heavy atom. The predicted octanol–water partition coefficient (Wildman–Crippen LogP) is -0.252. The van der Waals surface area contributed by atoms with Gasteiger partial charge in [0.05, 0.1) is 5.75 Å². The number of thioether (sulfide) groups is 1. The topological polar surface area (TPSA) is 75.1 Å². The van der Waals surface area contributed by atoms with E-state index in [2.05, 4.69) is 5.92 Å². The van der Waals surface area contributed by atoms with Crippen LogP contribution in [0.25, 0.3) is 0 Å². The van der Waals surface area contributed by atoms with Crippen LogP contribution in [0.3, 0.4) is 0 Å². The van der Waals surface area contributed by atoms with E-state index < -0.39 is 22.9 Å². The summed E-state index contributed by atoms with van der Waals surface area (Å²) < 4.78 is 13.7. The van der Waals surface area contributed by atoms with Crippen molar-refractivity contribution in [1.29, 1.82) is 0 Å². The molecular formula is C9H9FN2O3S. The Morgan fingerprint density at radius 3 is 2.88 bits per heavy atom. The number of nitrogens with zero attached hydrogens (tertiary/aromatic N) is 1. The molecule has 0 aliphatic carbocycles. The van der Waals surface area contributed by atoms with Crippen LogP contribution in [-0.4, -0.2) is 26.2 Å². The zero-order chi connectivity index (χ0) is 12.1. The Hall–Kier alpha value is -1.68. The number of H-pyrrole nitrogens is 1. The maximum absolute atomic E-state index is 13.0. The second-order valence-corrected chi connectivity index (χ2v) is 3.91. The average molecular weight is 244 g/mol. The minimum absolute atomic E-state index is 0.0741. The quantitative estimate of drug-likeness (QED) is 0.565. The van der Waals surface area contributed by atoms with E-state index in [4.69, 9.17) is 6.42 Å². The summed E-state index contributed by atoms with van der Waals surface area (Å²) in [7, 11) is 0. The Kier molecular flexibility index (Phi) is 4.19. The molecule has 0 saturated heterocycles. The maximum atomic E-state index is 13.0. The molecular weight excluding hydrogens is 235 g/mol. The summed E-state index contributed by atoms with van der Waals surface area (Å²) in [6, 6.07) is 0. The Bertz CT molecular complexity index is 529. The minimum Gasteiger partial charge on any atom is -0.492 e. The van der Waals surface area contributed by atoms with Crippen molar-refractivity contribution in [1.82, 2.24) is 9.55 Å². The highest BCUT2D eigenvalue weighted by Crippen LogP contribution is 2.08. The molecule has 86 valence electrons. The fraction of sp³-hybridized carbons (Fsp3) is 0.333. The Morgan fingerprint density at radius 1 is 1.56 bits per heavy atom. The van der Waals surface area contributed by atoms with Crippen LogP contribution in [0.4, 0.5) is 4.39 Å². The molecule has 0 aromatic carbocycles. The summed E-state index contributed by atoms with van der Waals surface area (Å²) in [4.78, 5) is 23.7. The van der Waals surface area contributed by atoms with Crippen LogP contribution in [0.15, 0.2) is 9.59 Å². The maximum Gasteiger partial charge on any atom is 0.331 e. The summed E-state index contributed by atoms with van der Waals surface area (Å²) in [5.74, 6) is 0.970. The van der Waals surface area contributed by atoms with Gasteiger partial charge >= 0.3 is 5.69 Å². The number of rotatable bonds is 4. The molecule has 0 aliphatic rings. The lowest BCUT2D eigenvalue weighted by molar-refractivity contribution is 0.365. The molecule has 0 bridgehead atoms. The van der Waals surface area contributed by atoms with Crippen molar-refractivity contribution in [2.24, 2.45) is 0 Å². The number of nitrogens with one attached hydrogen (secondary N) is 1. The van der Waals surface area contributed by atoms with Gasteiger partial charge < -0.3 is 5.11 Å². The Labute approximate surface area is 94.3 Å². The van der Waals surface area contributed by atoms with Gasteiger partial charge in [-0.05, 0) is 0 Å². The molecule has 1 rings (SSSR count). The normalized spacial score (nSPS) is 10.0. The molecule has 0 radical (unpaired) electrons. The van der Waals surface area contributed by atoms with Gasteiger partial charge in [-0.1, -0.05) is 5.92 Å². The molecule has 0 fully saturated rings. The zero-order valence-corrected chi connectivity index (χ0v) is 9.01. The monoisotopic (exact) mass is 244 g/mol. The van der Waals surface area contributed by atoms with Gasteiger partial charge in [-0.3, -0.25) is 14.3 Å². The largest absolute Gasteiger partial charge is 0.492 e. The van der Waals surface area contributed by atoms with Crippen molar-refractivity contribution in [3.05, 3.63) is 26.7 Å². The van der Waals surface area contributed by atoms with E-state index in [0.717, 1.165) is 4.57 Å². The standard InChI is InChI=1S/C9H9FN2O3S/c1-2-4-16-5-3-12-8(14)6(10)7(13)11-9(12)15/h1,14H,3-5H2,(H,11,13,15). The van der Waals surface area contributed by atoms with E-state index in [9.17, 15) is 19.1 Å². The van der Waals surface area contributed by atoms with Gasteiger partial charge in [0.2, 0.25) is 11.7 Å². The fourth-order valence-corrected chi connectivity index (χ4v) is 1.60. The van der Waals surface area contributed by atoms with Crippen LogP contribution in [0.5, 0.6) is 5.88 Å². The summed E-state index contributed by atoms with van der Waals surface area (Å²) in [6.07, 6.45) is 5.02. The van der Waals surface area contributed by atoms with Crippen molar-refractivity contribution in [3.8, 4) is 18.2 Å². The van der Waals surface area contributed by atoms with Gasteiger partial charge in [0.15, 0.2) is 0 Å². The van der Waals surface area contributed by atoms with Gasteiger partial charge in [-0.2, -0.15) is 4.39 Å². The third-order valence-corrected chi connectivity index (χ3v) is 2.60. The highest BCUT2D eigenvalue weighted by atomic mass is 32.2. The molecule has 0 aliphatic heterocycles. The van der Waals surface area contributed by atoms with E-state index in [-0.39, 0.29) is 6.54 Å². The molecule has 0 spiro atoms. The van der Waals surface area contributed by atoms with Gasteiger partial charge in [-0.25, -0.2) is 4.79 Å². The van der Waals surface area contributed by atoms with Gasteiger partial charge in [0.25, 0.3) is 5.56 Å². The molecule has 1 heterocycles. The van der Waals surface area contributed by atoms with Crippen LogP contribution >= 0.6 is 11.8 Å². The van der Waals surface area contributed by atoms with Gasteiger partial charge in [0, 0.05) is 12.3 Å². The van der Waals surface area contributed by atoms with E-state index in [1.807, 2.05) is 0 Å². The van der Waals surface area contributed by atoms with Gasteiger partial charge in [-0.15, -0.1) is 18.2 Å². The van der Waals surface area contributed by atoms with Crippen molar-refractivity contribution in [2.75, 3.05) is 11.5 Å². The summed E-state index contributed by atoms with van der Waals surface area (Å²) in [6.45, 7) is 0.0741. The minimum atomic E-state index is -1.36. The first-order valence-corrected chi connectivity index (χ1v) is 5.46. The van der Waals surface area contributed by atoms with E-state index >= 15 is 0 Å². The second-order valence-electron chi connectivity index (χ2n) is 2.81. The van der Waals surface area contributed by atoms with Crippen LogP contribution in [0.1, 0.15) is 0 Å². The molecule has 7 heteroatoms. The first-order chi connectivity index (χ1) is 7.57. The fourth-order valence-electron chi connectivity index (χ4n) is 1.03. The first kappa shape index (κ1) is 12.4. The molecule has 1 aromatic heterocycles. The number of aromatic nitrogens is 2. The summed E-state index contributed by atoms with van der Waals surface area (Å²) in [5, 5.41) is 9.23. The lowest BCUT2D eigenvalue weighted by Gasteiger charge is -2.06. The second kappa shape index (κ2) is 5.42. The molecule has 2 N–H and O–H groups in total. The molecule has 0 saturated carbocycles.